The molecular weight excluding hydrogens is 426 g/mol. The first kappa shape index (κ1) is 21.5. The minimum absolute atomic E-state index is 0.124. The van der Waals surface area contributed by atoms with Gasteiger partial charge < -0.3 is 10.6 Å². The molecule has 0 aliphatic heterocycles. The molecule has 0 spiro atoms. The Balaban J connectivity index is 1.88. The fourth-order valence-electron chi connectivity index (χ4n) is 3.45. The van der Waals surface area contributed by atoms with Crippen molar-refractivity contribution in [1.29, 1.82) is 0 Å². The van der Waals surface area contributed by atoms with Crippen molar-refractivity contribution in [3.8, 4) is 11.4 Å². The quantitative estimate of drug-likeness (QED) is 0.420. The molecule has 0 radical (unpaired) electrons. The highest BCUT2D eigenvalue weighted by Gasteiger charge is 2.24. The number of carbonyl (C=O) groups excluding carboxylic acids is 1. The summed E-state index contributed by atoms with van der Waals surface area (Å²) in [6.07, 6.45) is 0. The van der Waals surface area contributed by atoms with Crippen LogP contribution in [0.15, 0.2) is 71.6 Å². The monoisotopic (exact) mass is 449 g/mol. The van der Waals surface area contributed by atoms with Gasteiger partial charge >= 0.3 is 0 Å². The van der Waals surface area contributed by atoms with Crippen molar-refractivity contribution in [2.45, 2.75) is 18.7 Å². The number of amides is 1. The third kappa shape index (κ3) is 4.19. The molecule has 2 aromatic heterocycles. The number of carbonyl (C=O) groups is 1. The minimum atomic E-state index is -3.86. The van der Waals surface area contributed by atoms with Crippen LogP contribution in [0.3, 0.4) is 0 Å². The maximum atomic E-state index is 13.5. The third-order valence-electron chi connectivity index (χ3n) is 4.90. The van der Waals surface area contributed by atoms with E-state index in [1.54, 1.807) is 43.3 Å². The van der Waals surface area contributed by atoms with Crippen LogP contribution in [0.5, 0.6) is 0 Å². The van der Waals surface area contributed by atoms with E-state index < -0.39 is 10.0 Å². The van der Waals surface area contributed by atoms with Crippen molar-refractivity contribution in [3.05, 3.63) is 72.4 Å². The lowest BCUT2D eigenvalue weighted by molar-refractivity contribution is -0.118. The number of hydrogen-bond donors (Lipinski definition) is 2. The van der Waals surface area contributed by atoms with E-state index in [1.807, 2.05) is 30.3 Å². The second kappa shape index (κ2) is 8.80. The molecule has 0 fully saturated rings. The van der Waals surface area contributed by atoms with Crippen molar-refractivity contribution in [2.24, 2.45) is 0 Å². The molecule has 0 saturated heterocycles. The average molecular weight is 450 g/mol. The largest absolute Gasteiger partial charge is 0.368 e. The fraction of sp³-hybridized carbons (Fsp3) is 0.174. The molecule has 2 N–H and O–H groups in total. The molecule has 8 nitrogen and oxygen atoms in total. The summed E-state index contributed by atoms with van der Waals surface area (Å²) in [5.41, 5.74) is 1.58. The van der Waals surface area contributed by atoms with Gasteiger partial charge in [-0.1, -0.05) is 48.5 Å². The second-order valence-corrected chi connectivity index (χ2v) is 9.06. The maximum Gasteiger partial charge on any atom is 0.269 e. The van der Waals surface area contributed by atoms with Gasteiger partial charge in [-0.3, -0.25) is 4.79 Å². The summed E-state index contributed by atoms with van der Waals surface area (Å²) in [4.78, 5) is 20.6. The third-order valence-corrected chi connectivity index (χ3v) is 6.71. The van der Waals surface area contributed by atoms with Gasteiger partial charge in [0.15, 0.2) is 11.5 Å². The molecule has 2 heterocycles. The number of nitrogens with zero attached hydrogens (tertiary/aromatic N) is 3. The van der Waals surface area contributed by atoms with Crippen molar-refractivity contribution < 1.29 is 13.2 Å². The molecule has 0 aliphatic rings. The number of nitrogens with one attached hydrogen (secondary N) is 2. The molecule has 2 aromatic carbocycles. The average Bonchev–Trinajstić information content (AvgIpc) is 3.14. The number of aryl methyl sites for hydroxylation is 1. The van der Waals surface area contributed by atoms with Crippen LogP contribution < -0.4 is 10.6 Å². The summed E-state index contributed by atoms with van der Waals surface area (Å²) in [5, 5.41) is 6.53. The highest BCUT2D eigenvalue weighted by atomic mass is 32.2. The second-order valence-electron chi connectivity index (χ2n) is 7.28. The van der Waals surface area contributed by atoms with Crippen LogP contribution >= 0.6 is 0 Å². The first-order valence-electron chi connectivity index (χ1n) is 10.1. The Morgan fingerprint density at radius 1 is 0.969 bits per heavy atom. The number of hydrogen-bond acceptors (Lipinski definition) is 6. The lowest BCUT2D eigenvalue weighted by atomic mass is 10.2. The van der Waals surface area contributed by atoms with Crippen molar-refractivity contribution in [3.63, 3.8) is 0 Å². The van der Waals surface area contributed by atoms with E-state index >= 15 is 0 Å². The van der Waals surface area contributed by atoms with Crippen LogP contribution in [0.1, 0.15) is 12.6 Å². The zero-order chi connectivity index (χ0) is 22.7. The number of fused-ring (bicyclic) bond motifs is 1. The van der Waals surface area contributed by atoms with Crippen LogP contribution in [0.4, 0.5) is 5.82 Å². The van der Waals surface area contributed by atoms with Crippen LogP contribution in [-0.4, -0.2) is 41.4 Å². The summed E-state index contributed by atoms with van der Waals surface area (Å²) in [7, 11) is -3.86. The number of anilines is 1. The summed E-state index contributed by atoms with van der Waals surface area (Å²) in [5.74, 6) is 0.785. The Bertz CT molecular complexity index is 1370. The molecule has 0 bridgehead atoms. The smallest absolute Gasteiger partial charge is 0.269 e. The van der Waals surface area contributed by atoms with Crippen molar-refractivity contribution >= 4 is 32.8 Å². The Morgan fingerprint density at radius 2 is 1.62 bits per heavy atom. The fourth-order valence-corrected chi connectivity index (χ4v) is 4.96. The van der Waals surface area contributed by atoms with Gasteiger partial charge in [0, 0.05) is 31.3 Å². The van der Waals surface area contributed by atoms with Crippen LogP contribution in [0.2, 0.25) is 0 Å². The molecule has 4 aromatic rings. The number of rotatable bonds is 7. The van der Waals surface area contributed by atoms with E-state index in [-0.39, 0.29) is 10.8 Å². The summed E-state index contributed by atoms with van der Waals surface area (Å²) in [6, 6.07) is 19.4. The zero-order valence-electron chi connectivity index (χ0n) is 17.7. The Hall–Kier alpha value is -3.72. The Kier molecular flexibility index (Phi) is 5.91. The van der Waals surface area contributed by atoms with Crippen LogP contribution in [-0.2, 0) is 14.8 Å². The van der Waals surface area contributed by atoms with Gasteiger partial charge in [0.2, 0.25) is 5.91 Å². The molecule has 32 heavy (non-hydrogen) atoms. The van der Waals surface area contributed by atoms with Crippen molar-refractivity contribution in [2.75, 3.05) is 18.4 Å². The minimum Gasteiger partial charge on any atom is -0.368 e. The van der Waals surface area contributed by atoms with E-state index in [0.717, 1.165) is 5.56 Å². The van der Waals surface area contributed by atoms with Gasteiger partial charge in [0.25, 0.3) is 10.0 Å². The van der Waals surface area contributed by atoms with Crippen molar-refractivity contribution in [1.82, 2.24) is 19.3 Å². The molecule has 9 heteroatoms. The molecule has 0 saturated carbocycles. The van der Waals surface area contributed by atoms with Gasteiger partial charge in [-0.15, -0.1) is 0 Å². The van der Waals surface area contributed by atoms with E-state index in [2.05, 4.69) is 20.6 Å². The highest BCUT2D eigenvalue weighted by Crippen LogP contribution is 2.30. The van der Waals surface area contributed by atoms with Gasteiger partial charge in [-0.2, -0.15) is 0 Å². The Labute approximate surface area is 186 Å². The van der Waals surface area contributed by atoms with Crippen LogP contribution in [0.25, 0.3) is 22.4 Å². The zero-order valence-corrected chi connectivity index (χ0v) is 18.6. The molecule has 164 valence electrons. The molecule has 0 unspecified atom stereocenters. The molecule has 4 rings (SSSR count). The molecule has 1 amide bonds. The lowest BCUT2D eigenvalue weighted by Gasteiger charge is -2.12. The predicted octanol–water partition coefficient (Wildman–Crippen LogP) is 3.19. The first-order chi connectivity index (χ1) is 15.4. The van der Waals surface area contributed by atoms with E-state index in [1.165, 1.54) is 10.9 Å². The van der Waals surface area contributed by atoms with E-state index in [9.17, 15) is 13.2 Å². The standard InChI is InChI=1S/C23H23N5O3S/c1-16-15-20-22(25-14-13-24-17(2)29)26-21(18-9-5-3-6-10-18)27-23(20)28(16)32(30,31)19-11-7-4-8-12-19/h3-12,15H,13-14H2,1-2H3,(H,24,29)(H,25,26,27). The maximum absolute atomic E-state index is 13.5. The van der Waals surface area contributed by atoms with Crippen LogP contribution in [0, 0.1) is 6.92 Å². The SMILES string of the molecule is CC(=O)NCCNc1nc(-c2ccccc2)nc2c1cc(C)n2S(=O)(=O)c1ccccc1. The topological polar surface area (TPSA) is 106 Å². The molecule has 0 atom stereocenters. The van der Waals surface area contributed by atoms with Gasteiger partial charge in [0.1, 0.15) is 5.82 Å². The molecular formula is C23H23N5O3S. The Morgan fingerprint density at radius 3 is 2.28 bits per heavy atom. The summed E-state index contributed by atoms with van der Waals surface area (Å²) >= 11 is 0. The summed E-state index contributed by atoms with van der Waals surface area (Å²) in [6.45, 7) is 4.01. The first-order valence-corrected chi connectivity index (χ1v) is 11.6. The number of benzene rings is 2. The molecule has 0 aliphatic carbocycles. The lowest BCUT2D eigenvalue weighted by Crippen LogP contribution is -2.26. The highest BCUT2D eigenvalue weighted by molar-refractivity contribution is 7.90. The van der Waals surface area contributed by atoms with E-state index in [4.69, 9.17) is 0 Å². The summed E-state index contributed by atoms with van der Waals surface area (Å²) < 4.78 is 28.2. The van der Waals surface area contributed by atoms with Gasteiger partial charge in [-0.05, 0) is 25.1 Å². The normalized spacial score (nSPS) is 11.4. The van der Waals surface area contributed by atoms with Gasteiger partial charge in [0.05, 0.1) is 10.3 Å². The number of aromatic nitrogens is 3. The van der Waals surface area contributed by atoms with Gasteiger partial charge in [-0.25, -0.2) is 22.4 Å². The predicted molar refractivity (Wildman–Crippen MR) is 124 cm³/mol. The van der Waals surface area contributed by atoms with E-state index in [0.29, 0.717) is 41.5 Å².